The van der Waals surface area contributed by atoms with Crippen molar-refractivity contribution in [3.8, 4) is 0 Å². The Balaban J connectivity index is 0.000000292. The monoisotopic (exact) mass is 155 g/mol. The fraction of sp³-hybridized carbons (Fsp3) is 0.250. The first-order chi connectivity index (χ1) is 5.20. The standard InChI is InChI=1S/C7H9N.CH4O2/c1-6-2-4-7(8)5-3-6;1-3-2/h2-5H,8H2,1H3;2H,1H3. The van der Waals surface area contributed by atoms with Gasteiger partial charge in [-0.3, -0.25) is 5.26 Å². The first kappa shape index (κ1) is 9.94. The molecule has 0 aliphatic carbocycles. The predicted octanol–water partition coefficient (Wildman–Crippen LogP) is 1.68. The van der Waals surface area contributed by atoms with Gasteiger partial charge in [-0.2, -0.15) is 0 Å². The van der Waals surface area contributed by atoms with E-state index in [2.05, 4.69) is 4.89 Å². The van der Waals surface area contributed by atoms with Crippen LogP contribution in [0.15, 0.2) is 24.3 Å². The van der Waals surface area contributed by atoms with Crippen LogP contribution in [0.1, 0.15) is 5.56 Å². The Morgan fingerprint density at radius 1 is 1.27 bits per heavy atom. The van der Waals surface area contributed by atoms with Gasteiger partial charge in [0.15, 0.2) is 0 Å². The summed E-state index contributed by atoms with van der Waals surface area (Å²) in [6.45, 7) is 2.04. The minimum absolute atomic E-state index is 0.829. The summed E-state index contributed by atoms with van der Waals surface area (Å²) in [5.41, 5.74) is 7.51. The van der Waals surface area contributed by atoms with Gasteiger partial charge in [0.25, 0.3) is 0 Å². The Hall–Kier alpha value is -1.06. The fourth-order valence-corrected chi connectivity index (χ4v) is 0.566. The molecule has 0 amide bonds. The van der Waals surface area contributed by atoms with E-state index in [9.17, 15) is 0 Å². The molecule has 0 heterocycles. The Bertz CT molecular complexity index is 163. The van der Waals surface area contributed by atoms with Crippen molar-refractivity contribution in [2.75, 3.05) is 12.8 Å². The minimum atomic E-state index is 0.829. The molecule has 0 aromatic heterocycles. The van der Waals surface area contributed by atoms with Crippen molar-refractivity contribution in [2.24, 2.45) is 0 Å². The lowest BCUT2D eigenvalue weighted by molar-refractivity contribution is -0.214. The maximum absolute atomic E-state index is 7.07. The zero-order chi connectivity index (χ0) is 8.69. The van der Waals surface area contributed by atoms with Crippen molar-refractivity contribution in [3.63, 3.8) is 0 Å². The van der Waals surface area contributed by atoms with Gasteiger partial charge in [0, 0.05) is 5.69 Å². The lowest BCUT2D eigenvalue weighted by atomic mass is 10.2. The molecule has 62 valence electrons. The van der Waals surface area contributed by atoms with Gasteiger partial charge >= 0.3 is 0 Å². The van der Waals surface area contributed by atoms with Crippen LogP contribution in [-0.4, -0.2) is 12.4 Å². The highest BCUT2D eigenvalue weighted by Gasteiger charge is 1.80. The van der Waals surface area contributed by atoms with Crippen molar-refractivity contribution in [2.45, 2.75) is 6.92 Å². The van der Waals surface area contributed by atoms with Crippen LogP contribution in [0.5, 0.6) is 0 Å². The highest BCUT2D eigenvalue weighted by atomic mass is 17.1. The van der Waals surface area contributed by atoms with Gasteiger partial charge in [-0.1, -0.05) is 17.7 Å². The minimum Gasteiger partial charge on any atom is -0.399 e. The molecule has 0 spiro atoms. The van der Waals surface area contributed by atoms with Gasteiger partial charge in [-0.15, -0.1) is 0 Å². The number of hydrogen-bond donors (Lipinski definition) is 2. The topological polar surface area (TPSA) is 55.5 Å². The van der Waals surface area contributed by atoms with Crippen LogP contribution < -0.4 is 5.73 Å². The SMILES string of the molecule is COO.Cc1ccc(N)cc1. The van der Waals surface area contributed by atoms with Crippen LogP contribution in [0, 0.1) is 6.92 Å². The van der Waals surface area contributed by atoms with E-state index >= 15 is 0 Å². The Morgan fingerprint density at radius 3 is 1.91 bits per heavy atom. The van der Waals surface area contributed by atoms with E-state index in [4.69, 9.17) is 11.0 Å². The average molecular weight is 155 g/mol. The maximum atomic E-state index is 7.07. The normalized spacial score (nSPS) is 8.27. The molecule has 0 bridgehead atoms. The molecule has 0 saturated carbocycles. The molecule has 1 aromatic carbocycles. The van der Waals surface area contributed by atoms with E-state index in [1.165, 1.54) is 12.7 Å². The van der Waals surface area contributed by atoms with Gasteiger partial charge in [-0.05, 0) is 19.1 Å². The highest BCUT2D eigenvalue weighted by Crippen LogP contribution is 2.02. The molecular weight excluding hydrogens is 142 g/mol. The molecule has 0 saturated heterocycles. The molecule has 3 N–H and O–H groups in total. The Kier molecular flexibility index (Phi) is 5.15. The number of rotatable bonds is 0. The third-order valence-corrected chi connectivity index (χ3v) is 1.08. The number of hydrogen-bond acceptors (Lipinski definition) is 3. The van der Waals surface area contributed by atoms with Gasteiger partial charge in [0.1, 0.15) is 0 Å². The molecule has 11 heavy (non-hydrogen) atoms. The quantitative estimate of drug-likeness (QED) is 0.340. The van der Waals surface area contributed by atoms with E-state index in [-0.39, 0.29) is 0 Å². The molecule has 1 rings (SSSR count). The summed E-state index contributed by atoms with van der Waals surface area (Å²) in [5.74, 6) is 0. The van der Waals surface area contributed by atoms with Crippen LogP contribution in [0.2, 0.25) is 0 Å². The molecular formula is C8H13NO2. The lowest BCUT2D eigenvalue weighted by Gasteiger charge is -1.90. The van der Waals surface area contributed by atoms with E-state index in [0.29, 0.717) is 0 Å². The summed E-state index contributed by atoms with van der Waals surface area (Å²) in [6, 6.07) is 7.79. The number of aryl methyl sites for hydroxylation is 1. The number of anilines is 1. The average Bonchev–Trinajstić information content (AvgIpc) is 1.97. The smallest absolute Gasteiger partial charge is 0.0710 e. The molecule has 0 fully saturated rings. The second-order valence-corrected chi connectivity index (χ2v) is 2.09. The second kappa shape index (κ2) is 5.70. The molecule has 0 radical (unpaired) electrons. The highest BCUT2D eigenvalue weighted by molar-refractivity contribution is 5.38. The first-order valence-electron chi connectivity index (χ1n) is 3.20. The van der Waals surface area contributed by atoms with Crippen molar-refractivity contribution in [3.05, 3.63) is 29.8 Å². The van der Waals surface area contributed by atoms with Crippen molar-refractivity contribution in [1.82, 2.24) is 0 Å². The Morgan fingerprint density at radius 2 is 1.64 bits per heavy atom. The van der Waals surface area contributed by atoms with E-state index in [0.717, 1.165) is 5.69 Å². The Labute approximate surface area is 66.3 Å². The van der Waals surface area contributed by atoms with Gasteiger partial charge in [-0.25, -0.2) is 4.89 Å². The third kappa shape index (κ3) is 5.39. The van der Waals surface area contributed by atoms with Crippen molar-refractivity contribution in [1.29, 1.82) is 0 Å². The van der Waals surface area contributed by atoms with Crippen LogP contribution in [0.3, 0.4) is 0 Å². The second-order valence-electron chi connectivity index (χ2n) is 2.09. The molecule has 0 aliphatic rings. The number of nitrogens with two attached hydrogens (primary N) is 1. The molecule has 3 heteroatoms. The summed E-state index contributed by atoms with van der Waals surface area (Å²) < 4.78 is 0. The zero-order valence-corrected chi connectivity index (χ0v) is 6.74. The summed E-state index contributed by atoms with van der Waals surface area (Å²) in [5, 5.41) is 7.07. The van der Waals surface area contributed by atoms with Crippen molar-refractivity contribution < 1.29 is 10.1 Å². The molecule has 0 atom stereocenters. The molecule has 0 aliphatic heterocycles. The fourth-order valence-electron chi connectivity index (χ4n) is 0.566. The molecule has 0 unspecified atom stereocenters. The summed E-state index contributed by atoms with van der Waals surface area (Å²) >= 11 is 0. The third-order valence-electron chi connectivity index (χ3n) is 1.08. The van der Waals surface area contributed by atoms with Crippen LogP contribution in [0.25, 0.3) is 0 Å². The van der Waals surface area contributed by atoms with Crippen molar-refractivity contribution >= 4 is 5.69 Å². The zero-order valence-electron chi connectivity index (χ0n) is 6.74. The van der Waals surface area contributed by atoms with E-state index in [1.54, 1.807) is 0 Å². The number of nitrogen functional groups attached to an aromatic ring is 1. The largest absolute Gasteiger partial charge is 0.399 e. The summed E-state index contributed by atoms with van der Waals surface area (Å²) in [6.07, 6.45) is 0. The predicted molar refractivity (Wildman–Crippen MR) is 45.2 cm³/mol. The molecule has 1 aromatic rings. The number of benzene rings is 1. The lowest BCUT2D eigenvalue weighted by Crippen LogP contribution is -1.81. The van der Waals surface area contributed by atoms with Gasteiger partial charge < -0.3 is 5.73 Å². The maximum Gasteiger partial charge on any atom is 0.0710 e. The summed E-state index contributed by atoms with van der Waals surface area (Å²) in [7, 11) is 1.18. The van der Waals surface area contributed by atoms with Crippen LogP contribution in [-0.2, 0) is 4.89 Å². The van der Waals surface area contributed by atoms with E-state index < -0.39 is 0 Å². The molecule has 3 nitrogen and oxygen atoms in total. The van der Waals surface area contributed by atoms with E-state index in [1.807, 2.05) is 31.2 Å². The first-order valence-corrected chi connectivity index (χ1v) is 3.20. The summed E-state index contributed by atoms with van der Waals surface area (Å²) in [4.78, 5) is 3.25. The van der Waals surface area contributed by atoms with Crippen LogP contribution in [0.4, 0.5) is 5.69 Å². The van der Waals surface area contributed by atoms with Gasteiger partial charge in [0.2, 0.25) is 0 Å². The van der Waals surface area contributed by atoms with Gasteiger partial charge in [0.05, 0.1) is 7.11 Å². The van der Waals surface area contributed by atoms with Crippen LogP contribution >= 0.6 is 0 Å².